The lowest BCUT2D eigenvalue weighted by Gasteiger charge is -2.18. The third kappa shape index (κ3) is 3.16. The highest BCUT2D eigenvalue weighted by atomic mass is 16.4. The molecule has 0 fully saturated rings. The molecule has 0 spiro atoms. The number of nitrogens with zero attached hydrogens (tertiary/aromatic N) is 4. The Hall–Kier alpha value is -2.90. The summed E-state index contributed by atoms with van der Waals surface area (Å²) in [5.41, 5.74) is -0.0309. The average molecular weight is 290 g/mol. The van der Waals surface area contributed by atoms with Crippen LogP contribution >= 0.6 is 0 Å². The van der Waals surface area contributed by atoms with Crippen molar-refractivity contribution < 1.29 is 14.7 Å². The third-order valence-electron chi connectivity index (χ3n) is 2.80. The summed E-state index contributed by atoms with van der Waals surface area (Å²) in [6, 6.07) is 5.04. The second-order valence-corrected chi connectivity index (χ2v) is 4.33. The summed E-state index contributed by atoms with van der Waals surface area (Å²) in [7, 11) is 0. The Bertz CT molecular complexity index is 746. The van der Waals surface area contributed by atoms with Gasteiger partial charge in [0.05, 0.1) is 0 Å². The van der Waals surface area contributed by atoms with Crippen LogP contribution in [-0.2, 0) is 16.1 Å². The summed E-state index contributed by atoms with van der Waals surface area (Å²) in [5.74, 6) is -1.64. The van der Waals surface area contributed by atoms with Crippen molar-refractivity contribution in [3.63, 3.8) is 0 Å². The van der Waals surface area contributed by atoms with Gasteiger partial charge in [-0.2, -0.15) is 0 Å². The van der Waals surface area contributed by atoms with E-state index in [1.165, 1.54) is 10.5 Å². The zero-order valence-electron chi connectivity index (χ0n) is 11.2. The van der Waals surface area contributed by atoms with Gasteiger partial charge in [-0.25, -0.2) is 9.48 Å². The van der Waals surface area contributed by atoms with Gasteiger partial charge in [-0.15, -0.1) is 11.7 Å². The van der Waals surface area contributed by atoms with E-state index in [4.69, 9.17) is 5.11 Å². The van der Waals surface area contributed by atoms with Gasteiger partial charge >= 0.3 is 11.7 Å². The van der Waals surface area contributed by atoms with E-state index in [-0.39, 0.29) is 13.1 Å². The highest BCUT2D eigenvalue weighted by Gasteiger charge is 2.18. The number of carbonyl (C=O) groups excluding carboxylic acids is 1. The van der Waals surface area contributed by atoms with Crippen molar-refractivity contribution in [1.29, 1.82) is 0 Å². The predicted molar refractivity (Wildman–Crippen MR) is 73.9 cm³/mol. The number of hydrogen-bond donors (Lipinski definition) is 1. The standard InChI is InChI=1S/C13H14N4O4/c1-2-6-15(9-12(19)20)11(18)8-17-13(21)16-7-4-3-5-10(16)14-17/h2-5,7H,1,6,8-9H2,(H,19,20). The second-order valence-electron chi connectivity index (χ2n) is 4.33. The summed E-state index contributed by atoms with van der Waals surface area (Å²) < 4.78 is 2.32. The Balaban J connectivity index is 2.23. The molecular weight excluding hydrogens is 276 g/mol. The predicted octanol–water partition coefficient (Wildman–Crippen LogP) is -0.405. The molecule has 0 aliphatic rings. The molecule has 0 aliphatic heterocycles. The monoisotopic (exact) mass is 290 g/mol. The molecule has 0 saturated heterocycles. The number of carboxylic acid groups (broad SMARTS) is 1. The van der Waals surface area contributed by atoms with Gasteiger partial charge in [0.2, 0.25) is 5.91 Å². The molecule has 0 aliphatic carbocycles. The zero-order valence-corrected chi connectivity index (χ0v) is 11.2. The lowest BCUT2D eigenvalue weighted by atomic mass is 10.4. The molecule has 110 valence electrons. The van der Waals surface area contributed by atoms with Crippen molar-refractivity contribution in [3.05, 3.63) is 47.5 Å². The van der Waals surface area contributed by atoms with Crippen LogP contribution in [-0.4, -0.2) is 49.2 Å². The fourth-order valence-corrected chi connectivity index (χ4v) is 1.87. The van der Waals surface area contributed by atoms with E-state index in [1.54, 1.807) is 24.4 Å². The van der Waals surface area contributed by atoms with E-state index in [0.29, 0.717) is 5.65 Å². The molecule has 1 N–H and O–H groups in total. The van der Waals surface area contributed by atoms with Crippen LogP contribution in [0.15, 0.2) is 41.8 Å². The number of fused-ring (bicyclic) bond motifs is 1. The number of aromatic nitrogens is 3. The van der Waals surface area contributed by atoms with Crippen LogP contribution in [0.1, 0.15) is 0 Å². The molecule has 2 rings (SSSR count). The molecule has 0 bridgehead atoms. The highest BCUT2D eigenvalue weighted by Crippen LogP contribution is 1.97. The summed E-state index contributed by atoms with van der Waals surface area (Å²) in [6.45, 7) is 2.80. The maximum atomic E-state index is 12.1. The molecular formula is C13H14N4O4. The van der Waals surface area contributed by atoms with E-state index in [0.717, 1.165) is 9.58 Å². The molecule has 0 aromatic carbocycles. The molecule has 0 radical (unpaired) electrons. The molecule has 0 unspecified atom stereocenters. The minimum absolute atomic E-state index is 0.0905. The molecule has 8 heteroatoms. The van der Waals surface area contributed by atoms with Crippen molar-refractivity contribution >= 4 is 17.5 Å². The van der Waals surface area contributed by atoms with Crippen molar-refractivity contribution in [3.8, 4) is 0 Å². The first-order chi connectivity index (χ1) is 10.0. The Morgan fingerprint density at radius 3 is 2.81 bits per heavy atom. The first-order valence-electron chi connectivity index (χ1n) is 6.17. The van der Waals surface area contributed by atoms with Crippen molar-refractivity contribution in [1.82, 2.24) is 19.1 Å². The van der Waals surface area contributed by atoms with Crippen LogP contribution in [0, 0.1) is 0 Å². The smallest absolute Gasteiger partial charge is 0.350 e. The number of aliphatic carboxylic acids is 1. The van der Waals surface area contributed by atoms with Crippen LogP contribution in [0.25, 0.3) is 5.65 Å². The van der Waals surface area contributed by atoms with Gasteiger partial charge in [-0.1, -0.05) is 12.1 Å². The molecule has 21 heavy (non-hydrogen) atoms. The van der Waals surface area contributed by atoms with Gasteiger partial charge in [0.25, 0.3) is 0 Å². The molecule has 1 amide bonds. The summed E-state index contributed by atoms with van der Waals surface area (Å²) in [5, 5.41) is 12.8. The Morgan fingerprint density at radius 1 is 1.43 bits per heavy atom. The second kappa shape index (κ2) is 6.04. The van der Waals surface area contributed by atoms with Gasteiger partial charge in [0, 0.05) is 12.7 Å². The Labute approximate surface area is 119 Å². The van der Waals surface area contributed by atoms with E-state index in [9.17, 15) is 14.4 Å². The van der Waals surface area contributed by atoms with Gasteiger partial charge in [0.1, 0.15) is 13.1 Å². The summed E-state index contributed by atoms with van der Waals surface area (Å²) >= 11 is 0. The number of amides is 1. The lowest BCUT2D eigenvalue weighted by Crippen LogP contribution is -2.39. The van der Waals surface area contributed by atoms with E-state index in [2.05, 4.69) is 11.7 Å². The average Bonchev–Trinajstić information content (AvgIpc) is 2.75. The fourth-order valence-electron chi connectivity index (χ4n) is 1.87. The van der Waals surface area contributed by atoms with E-state index >= 15 is 0 Å². The summed E-state index contributed by atoms with van der Waals surface area (Å²) in [4.78, 5) is 35.9. The number of hydrogen-bond acceptors (Lipinski definition) is 4. The van der Waals surface area contributed by atoms with Crippen molar-refractivity contribution in [2.75, 3.05) is 13.1 Å². The first kappa shape index (κ1) is 14.5. The maximum Gasteiger partial charge on any atom is 0.350 e. The number of rotatable bonds is 6. The van der Waals surface area contributed by atoms with Gasteiger partial charge in [0.15, 0.2) is 5.65 Å². The van der Waals surface area contributed by atoms with Crippen LogP contribution in [0.3, 0.4) is 0 Å². The molecule has 2 heterocycles. The topological polar surface area (TPSA) is 96.9 Å². The zero-order chi connectivity index (χ0) is 15.4. The van der Waals surface area contributed by atoms with Crippen LogP contribution < -0.4 is 5.69 Å². The van der Waals surface area contributed by atoms with Crippen molar-refractivity contribution in [2.24, 2.45) is 0 Å². The van der Waals surface area contributed by atoms with Gasteiger partial charge in [-0.05, 0) is 12.1 Å². The molecule has 8 nitrogen and oxygen atoms in total. The SMILES string of the molecule is C=CCN(CC(=O)O)C(=O)Cn1nc2ccccn2c1=O. The minimum atomic E-state index is -1.13. The van der Waals surface area contributed by atoms with E-state index in [1.807, 2.05) is 0 Å². The maximum absolute atomic E-state index is 12.1. The van der Waals surface area contributed by atoms with Crippen molar-refractivity contribution in [2.45, 2.75) is 6.54 Å². The van der Waals surface area contributed by atoms with Gasteiger partial charge < -0.3 is 10.0 Å². The Kier molecular flexibility index (Phi) is 4.17. The molecule has 0 saturated carbocycles. The largest absolute Gasteiger partial charge is 0.480 e. The quantitative estimate of drug-likeness (QED) is 0.730. The minimum Gasteiger partial charge on any atom is -0.480 e. The Morgan fingerprint density at radius 2 is 2.19 bits per heavy atom. The number of carboxylic acids is 1. The molecule has 2 aromatic rings. The fraction of sp³-hybridized carbons (Fsp3) is 0.231. The third-order valence-corrected chi connectivity index (χ3v) is 2.80. The molecule has 2 aromatic heterocycles. The normalized spacial score (nSPS) is 10.5. The summed E-state index contributed by atoms with van der Waals surface area (Å²) in [6.07, 6.45) is 2.97. The number of carbonyl (C=O) groups is 2. The lowest BCUT2D eigenvalue weighted by molar-refractivity contribution is -0.144. The highest BCUT2D eigenvalue weighted by molar-refractivity contribution is 5.81. The first-order valence-corrected chi connectivity index (χ1v) is 6.17. The molecule has 0 atom stereocenters. The van der Waals surface area contributed by atoms with Crippen LogP contribution in [0.5, 0.6) is 0 Å². The van der Waals surface area contributed by atoms with Crippen LogP contribution in [0.2, 0.25) is 0 Å². The van der Waals surface area contributed by atoms with Gasteiger partial charge in [-0.3, -0.25) is 14.0 Å². The number of pyridine rings is 1. The van der Waals surface area contributed by atoms with Crippen LogP contribution in [0.4, 0.5) is 0 Å². The van der Waals surface area contributed by atoms with E-state index < -0.39 is 24.1 Å².